The average Bonchev–Trinajstić information content (AvgIpc) is 2.48. The number of nitrogens with two attached hydrogens (primary N) is 4. The molecule has 130 valence electrons. The Kier molecular flexibility index (Phi) is 28.0. The van der Waals surface area contributed by atoms with Gasteiger partial charge in [0.05, 0.1) is 0 Å². The van der Waals surface area contributed by atoms with Crippen molar-refractivity contribution in [2.45, 2.75) is 52.4 Å². The summed E-state index contributed by atoms with van der Waals surface area (Å²) in [6.07, 6.45) is 12.7. The zero-order chi connectivity index (χ0) is 17.6. The van der Waals surface area contributed by atoms with Gasteiger partial charge in [0.15, 0.2) is 0 Å². The average molecular weight is 314 g/mol. The summed E-state index contributed by atoms with van der Waals surface area (Å²) in [5, 5.41) is 0. The number of unbranched alkanes of at least 4 members (excludes halogenated alkanes) is 3. The molecule has 0 aliphatic carbocycles. The molecule has 0 heterocycles. The maximum Gasteiger partial charge on any atom is 0.241 e. The van der Waals surface area contributed by atoms with Crippen LogP contribution in [0.1, 0.15) is 52.4 Å². The number of hydrogen-bond donors (Lipinski definition) is 4. The number of amides is 2. The van der Waals surface area contributed by atoms with Crippen molar-refractivity contribution in [3.63, 3.8) is 0 Å². The van der Waals surface area contributed by atoms with Crippen molar-refractivity contribution in [2.24, 2.45) is 22.9 Å². The molecular formula is C16H34N4O2. The molecule has 6 heteroatoms. The lowest BCUT2D eigenvalue weighted by molar-refractivity contribution is -0.114. The van der Waals surface area contributed by atoms with Gasteiger partial charge in [0.2, 0.25) is 11.8 Å². The van der Waals surface area contributed by atoms with E-state index in [9.17, 15) is 9.59 Å². The zero-order valence-corrected chi connectivity index (χ0v) is 14.1. The van der Waals surface area contributed by atoms with Crippen molar-refractivity contribution in [1.29, 1.82) is 0 Å². The standard InChI is InChI=1S/C6H16N2.2C5H9NO/c7-5-3-1-2-4-6-8;2*1-2-3-4-5(6)7/h1-8H2;2*3-4H,2H2,1H3,(H2,6,7). The first kappa shape index (κ1) is 25.3. The number of carbonyl (C=O) groups is 2. The van der Waals surface area contributed by atoms with Crippen molar-refractivity contribution in [2.75, 3.05) is 13.1 Å². The third kappa shape index (κ3) is 42.9. The molecule has 0 unspecified atom stereocenters. The number of hydrogen-bond acceptors (Lipinski definition) is 4. The predicted molar refractivity (Wildman–Crippen MR) is 93.8 cm³/mol. The van der Waals surface area contributed by atoms with Crippen LogP contribution in [0, 0.1) is 0 Å². The number of carbonyl (C=O) groups excluding carboxylic acids is 2. The van der Waals surface area contributed by atoms with Crippen LogP contribution in [0.4, 0.5) is 0 Å². The second-order valence-corrected chi connectivity index (χ2v) is 4.42. The van der Waals surface area contributed by atoms with Gasteiger partial charge in [-0.25, -0.2) is 0 Å². The Balaban J connectivity index is -0.000000247. The molecule has 0 atom stereocenters. The van der Waals surface area contributed by atoms with Crippen molar-refractivity contribution in [1.82, 2.24) is 0 Å². The minimum atomic E-state index is -0.373. The molecule has 0 spiro atoms. The third-order valence-electron chi connectivity index (χ3n) is 2.19. The first-order valence-corrected chi connectivity index (χ1v) is 7.78. The minimum absolute atomic E-state index is 0.373. The van der Waals surface area contributed by atoms with Crippen molar-refractivity contribution in [3.8, 4) is 0 Å². The monoisotopic (exact) mass is 314 g/mol. The summed E-state index contributed by atoms with van der Waals surface area (Å²) in [5.41, 5.74) is 20.1. The molecule has 0 aliphatic rings. The Morgan fingerprint density at radius 2 is 1.05 bits per heavy atom. The zero-order valence-electron chi connectivity index (χ0n) is 14.1. The van der Waals surface area contributed by atoms with E-state index in [1.807, 2.05) is 13.8 Å². The van der Waals surface area contributed by atoms with Crippen LogP contribution >= 0.6 is 0 Å². The van der Waals surface area contributed by atoms with Crippen LogP contribution in [0.5, 0.6) is 0 Å². The molecule has 0 bridgehead atoms. The lowest BCUT2D eigenvalue weighted by Gasteiger charge is -1.94. The quantitative estimate of drug-likeness (QED) is 0.377. The molecule has 0 rings (SSSR count). The molecule has 0 aromatic carbocycles. The summed E-state index contributed by atoms with van der Waals surface area (Å²) in [6, 6.07) is 0. The van der Waals surface area contributed by atoms with E-state index in [2.05, 4.69) is 0 Å². The van der Waals surface area contributed by atoms with Gasteiger partial charge in [-0.2, -0.15) is 0 Å². The summed E-state index contributed by atoms with van der Waals surface area (Å²) < 4.78 is 0. The fourth-order valence-electron chi connectivity index (χ4n) is 1.11. The second kappa shape index (κ2) is 24.4. The lowest BCUT2D eigenvalue weighted by atomic mass is 10.2. The van der Waals surface area contributed by atoms with E-state index in [0.29, 0.717) is 0 Å². The topological polar surface area (TPSA) is 138 Å². The van der Waals surface area contributed by atoms with E-state index < -0.39 is 0 Å². The highest BCUT2D eigenvalue weighted by atomic mass is 16.1. The molecule has 2 amide bonds. The van der Waals surface area contributed by atoms with E-state index in [-0.39, 0.29) is 11.8 Å². The summed E-state index contributed by atoms with van der Waals surface area (Å²) in [4.78, 5) is 19.8. The van der Waals surface area contributed by atoms with Crippen LogP contribution in [0.25, 0.3) is 0 Å². The van der Waals surface area contributed by atoms with Gasteiger partial charge in [0, 0.05) is 0 Å². The molecule has 0 fully saturated rings. The van der Waals surface area contributed by atoms with Gasteiger partial charge in [0.25, 0.3) is 0 Å². The van der Waals surface area contributed by atoms with Gasteiger partial charge in [-0.1, -0.05) is 38.8 Å². The van der Waals surface area contributed by atoms with Gasteiger partial charge in [-0.05, 0) is 50.9 Å². The fourth-order valence-corrected chi connectivity index (χ4v) is 1.11. The molecule has 0 aliphatic heterocycles. The lowest BCUT2D eigenvalue weighted by Crippen LogP contribution is -2.04. The highest BCUT2D eigenvalue weighted by Gasteiger charge is 1.83. The molecule has 0 saturated heterocycles. The van der Waals surface area contributed by atoms with Gasteiger partial charge >= 0.3 is 0 Å². The van der Waals surface area contributed by atoms with Crippen LogP contribution in [-0.2, 0) is 9.59 Å². The predicted octanol–water partition coefficient (Wildman–Crippen LogP) is 1.34. The number of allylic oxidation sites excluding steroid dienone is 2. The van der Waals surface area contributed by atoms with Crippen LogP contribution in [0.2, 0.25) is 0 Å². The first-order valence-electron chi connectivity index (χ1n) is 7.78. The Morgan fingerprint density at radius 3 is 1.18 bits per heavy atom. The minimum Gasteiger partial charge on any atom is -0.366 e. The molecule has 0 aromatic heterocycles. The Bertz CT molecular complexity index is 273. The van der Waals surface area contributed by atoms with Gasteiger partial charge < -0.3 is 22.9 Å². The molecule has 22 heavy (non-hydrogen) atoms. The van der Waals surface area contributed by atoms with Crippen molar-refractivity contribution >= 4 is 11.8 Å². The largest absolute Gasteiger partial charge is 0.366 e. The van der Waals surface area contributed by atoms with E-state index in [1.165, 1.54) is 25.0 Å². The molecule has 0 radical (unpaired) electrons. The molecular weight excluding hydrogens is 280 g/mol. The van der Waals surface area contributed by atoms with E-state index in [4.69, 9.17) is 22.9 Å². The van der Waals surface area contributed by atoms with Gasteiger partial charge in [-0.15, -0.1) is 0 Å². The normalized spacial score (nSPS) is 9.82. The Labute approximate surface area is 135 Å². The maximum atomic E-state index is 9.89. The van der Waals surface area contributed by atoms with Crippen molar-refractivity contribution < 1.29 is 9.59 Å². The third-order valence-corrected chi connectivity index (χ3v) is 2.19. The Hall–Kier alpha value is -1.66. The molecule has 8 N–H and O–H groups in total. The van der Waals surface area contributed by atoms with E-state index in [1.54, 1.807) is 12.2 Å². The Morgan fingerprint density at radius 1 is 0.727 bits per heavy atom. The van der Waals surface area contributed by atoms with Crippen LogP contribution in [0.15, 0.2) is 24.3 Å². The summed E-state index contributed by atoms with van der Waals surface area (Å²) in [7, 11) is 0. The highest BCUT2D eigenvalue weighted by molar-refractivity contribution is 5.85. The van der Waals surface area contributed by atoms with Gasteiger partial charge in [-0.3, -0.25) is 9.59 Å². The van der Waals surface area contributed by atoms with Crippen LogP contribution in [-0.4, -0.2) is 24.9 Å². The summed E-state index contributed by atoms with van der Waals surface area (Å²) in [6.45, 7) is 5.54. The molecule has 0 saturated carbocycles. The number of rotatable bonds is 9. The van der Waals surface area contributed by atoms with Crippen LogP contribution < -0.4 is 22.9 Å². The highest BCUT2D eigenvalue weighted by Crippen LogP contribution is 1.95. The number of primary amides is 2. The molecule has 6 nitrogen and oxygen atoms in total. The van der Waals surface area contributed by atoms with Crippen molar-refractivity contribution in [3.05, 3.63) is 24.3 Å². The van der Waals surface area contributed by atoms with E-state index >= 15 is 0 Å². The summed E-state index contributed by atoms with van der Waals surface area (Å²) >= 11 is 0. The van der Waals surface area contributed by atoms with Gasteiger partial charge in [0.1, 0.15) is 0 Å². The maximum absolute atomic E-state index is 9.89. The SMILES string of the molecule is CCC=CC(N)=O.CCC=CC(N)=O.NCCCCCCN. The fraction of sp³-hybridized carbons (Fsp3) is 0.625. The first-order chi connectivity index (χ1) is 10.5. The molecule has 0 aromatic rings. The van der Waals surface area contributed by atoms with Crippen LogP contribution in [0.3, 0.4) is 0 Å². The smallest absolute Gasteiger partial charge is 0.241 e. The summed E-state index contributed by atoms with van der Waals surface area (Å²) in [5.74, 6) is -0.747. The second-order valence-electron chi connectivity index (χ2n) is 4.42. The van der Waals surface area contributed by atoms with E-state index in [0.717, 1.165) is 38.8 Å².